The van der Waals surface area contributed by atoms with E-state index in [1.54, 1.807) is 18.7 Å². The molecule has 0 aliphatic heterocycles. The third-order valence-electron chi connectivity index (χ3n) is 3.88. The van der Waals surface area contributed by atoms with Crippen LogP contribution in [0.4, 0.5) is 0 Å². The van der Waals surface area contributed by atoms with Gasteiger partial charge in [0.05, 0.1) is 5.54 Å². The molecule has 0 radical (unpaired) electrons. The average molecular weight is 319 g/mol. The normalized spacial score (nSPS) is 15.9. The fraction of sp³-hybridized carbons (Fsp3) is 0.286. The van der Waals surface area contributed by atoms with Gasteiger partial charge in [0.25, 0.3) is 5.89 Å². The van der Waals surface area contributed by atoms with Crippen molar-refractivity contribution < 1.29 is 4.52 Å². The standard InChI is InChI=1S/C14H14N6O.ClH/c15-14(3-1-4-14)13-18-12(21-19-13)10-2-5-17-11(8-10)20-7-6-16-9-20;/h2,5-9H,1,3-4,15H2;1H. The minimum atomic E-state index is -0.415. The number of hydrogen-bond donors (Lipinski definition) is 1. The molecule has 1 fully saturated rings. The van der Waals surface area contributed by atoms with Gasteiger partial charge < -0.3 is 10.3 Å². The zero-order chi connectivity index (χ0) is 14.3. The number of rotatable bonds is 3. The Balaban J connectivity index is 0.00000144. The molecule has 0 unspecified atom stereocenters. The molecule has 0 atom stereocenters. The first-order valence-electron chi connectivity index (χ1n) is 6.82. The molecule has 22 heavy (non-hydrogen) atoms. The highest BCUT2D eigenvalue weighted by Crippen LogP contribution is 2.37. The molecule has 4 rings (SSSR count). The summed E-state index contributed by atoms with van der Waals surface area (Å²) in [7, 11) is 0. The molecule has 3 heterocycles. The van der Waals surface area contributed by atoms with Crippen LogP contribution in [-0.2, 0) is 5.54 Å². The highest BCUT2D eigenvalue weighted by molar-refractivity contribution is 5.85. The third kappa shape index (κ3) is 2.38. The SMILES string of the molecule is Cl.NC1(c2noc(-c3ccnc(-n4ccnc4)c3)n2)CCC1. The van der Waals surface area contributed by atoms with Gasteiger partial charge in [-0.05, 0) is 31.4 Å². The number of hydrogen-bond acceptors (Lipinski definition) is 6. The fourth-order valence-electron chi connectivity index (χ4n) is 2.41. The van der Waals surface area contributed by atoms with Gasteiger partial charge in [-0.3, -0.25) is 4.57 Å². The molecule has 0 bridgehead atoms. The molecule has 0 amide bonds. The third-order valence-corrected chi connectivity index (χ3v) is 3.88. The quantitative estimate of drug-likeness (QED) is 0.794. The summed E-state index contributed by atoms with van der Waals surface area (Å²) in [5.41, 5.74) is 6.61. The Morgan fingerprint density at radius 3 is 2.82 bits per heavy atom. The molecule has 7 nitrogen and oxygen atoms in total. The number of pyridine rings is 1. The predicted molar refractivity (Wildman–Crippen MR) is 81.6 cm³/mol. The Bertz CT molecular complexity index is 765. The Morgan fingerprint density at radius 2 is 2.14 bits per heavy atom. The molecule has 0 spiro atoms. The molecule has 114 valence electrons. The number of aromatic nitrogens is 5. The lowest BCUT2D eigenvalue weighted by Crippen LogP contribution is -2.44. The largest absolute Gasteiger partial charge is 0.334 e. The first-order chi connectivity index (χ1) is 10.2. The fourth-order valence-corrected chi connectivity index (χ4v) is 2.41. The molecule has 8 heteroatoms. The van der Waals surface area contributed by atoms with E-state index in [9.17, 15) is 0 Å². The molecule has 1 aliphatic carbocycles. The average Bonchev–Trinajstić information content (AvgIpc) is 3.16. The van der Waals surface area contributed by atoms with Gasteiger partial charge in [-0.25, -0.2) is 9.97 Å². The van der Waals surface area contributed by atoms with Crippen molar-refractivity contribution in [2.75, 3.05) is 0 Å². The van der Waals surface area contributed by atoms with E-state index in [-0.39, 0.29) is 12.4 Å². The van der Waals surface area contributed by atoms with Gasteiger partial charge >= 0.3 is 0 Å². The molecule has 1 saturated carbocycles. The van der Waals surface area contributed by atoms with Crippen molar-refractivity contribution in [1.29, 1.82) is 0 Å². The Hall–Kier alpha value is -2.25. The van der Waals surface area contributed by atoms with Gasteiger partial charge in [-0.15, -0.1) is 12.4 Å². The molecule has 0 saturated heterocycles. The Morgan fingerprint density at radius 1 is 1.27 bits per heavy atom. The van der Waals surface area contributed by atoms with Crippen molar-refractivity contribution in [2.45, 2.75) is 24.8 Å². The lowest BCUT2D eigenvalue weighted by Gasteiger charge is -2.34. The van der Waals surface area contributed by atoms with Crippen molar-refractivity contribution in [1.82, 2.24) is 24.7 Å². The van der Waals surface area contributed by atoms with Crippen LogP contribution in [0.5, 0.6) is 0 Å². The van der Waals surface area contributed by atoms with Crippen LogP contribution in [0.1, 0.15) is 25.1 Å². The number of halogens is 1. The van der Waals surface area contributed by atoms with Crippen LogP contribution in [0.2, 0.25) is 0 Å². The van der Waals surface area contributed by atoms with Crippen LogP contribution in [0.3, 0.4) is 0 Å². The lowest BCUT2D eigenvalue weighted by atomic mass is 9.77. The van der Waals surface area contributed by atoms with Gasteiger partial charge in [-0.2, -0.15) is 4.98 Å². The maximum absolute atomic E-state index is 6.21. The Kier molecular flexibility index (Phi) is 3.67. The zero-order valence-corrected chi connectivity index (χ0v) is 12.5. The summed E-state index contributed by atoms with van der Waals surface area (Å²) in [6.45, 7) is 0. The minimum absolute atomic E-state index is 0. The second kappa shape index (κ2) is 5.51. The zero-order valence-electron chi connectivity index (χ0n) is 11.7. The molecule has 3 aromatic heterocycles. The first-order valence-corrected chi connectivity index (χ1v) is 6.82. The maximum atomic E-state index is 6.21. The molecular weight excluding hydrogens is 304 g/mol. The van der Waals surface area contributed by atoms with Crippen molar-refractivity contribution in [3.8, 4) is 17.3 Å². The monoisotopic (exact) mass is 318 g/mol. The molecule has 1 aliphatic rings. The van der Waals surface area contributed by atoms with E-state index >= 15 is 0 Å². The van der Waals surface area contributed by atoms with Crippen molar-refractivity contribution in [2.24, 2.45) is 5.73 Å². The first kappa shape index (κ1) is 14.7. The van der Waals surface area contributed by atoms with E-state index in [0.717, 1.165) is 30.6 Å². The second-order valence-corrected chi connectivity index (χ2v) is 5.31. The van der Waals surface area contributed by atoms with E-state index in [1.807, 2.05) is 22.9 Å². The van der Waals surface area contributed by atoms with Crippen LogP contribution < -0.4 is 5.73 Å². The van der Waals surface area contributed by atoms with Crippen LogP contribution in [-0.4, -0.2) is 24.7 Å². The van der Waals surface area contributed by atoms with Crippen LogP contribution in [0.15, 0.2) is 41.6 Å². The summed E-state index contributed by atoms with van der Waals surface area (Å²) in [6.07, 6.45) is 9.85. The van der Waals surface area contributed by atoms with Crippen LogP contribution in [0, 0.1) is 0 Å². The minimum Gasteiger partial charge on any atom is -0.334 e. The summed E-state index contributed by atoms with van der Waals surface area (Å²) in [4.78, 5) is 12.8. The number of nitrogens with zero attached hydrogens (tertiary/aromatic N) is 5. The van der Waals surface area contributed by atoms with Gasteiger partial charge in [0.15, 0.2) is 5.82 Å². The van der Waals surface area contributed by atoms with Crippen molar-refractivity contribution in [3.63, 3.8) is 0 Å². The van der Waals surface area contributed by atoms with Gasteiger partial charge in [0.1, 0.15) is 12.1 Å². The highest BCUT2D eigenvalue weighted by atomic mass is 35.5. The summed E-state index contributed by atoms with van der Waals surface area (Å²) in [6, 6.07) is 3.71. The molecular formula is C14H15ClN6O. The predicted octanol–water partition coefficient (Wildman–Crippen LogP) is 2.08. The summed E-state index contributed by atoms with van der Waals surface area (Å²) >= 11 is 0. The molecule has 0 aromatic carbocycles. The topological polar surface area (TPSA) is 95.7 Å². The van der Waals surface area contributed by atoms with Crippen molar-refractivity contribution in [3.05, 3.63) is 42.9 Å². The molecule has 2 N–H and O–H groups in total. The van der Waals surface area contributed by atoms with E-state index < -0.39 is 5.54 Å². The number of imidazole rings is 1. The molecule has 3 aromatic rings. The van der Waals surface area contributed by atoms with Gasteiger partial charge in [0.2, 0.25) is 0 Å². The van der Waals surface area contributed by atoms with Gasteiger partial charge in [0, 0.05) is 24.2 Å². The van der Waals surface area contributed by atoms with Crippen LogP contribution >= 0.6 is 12.4 Å². The maximum Gasteiger partial charge on any atom is 0.258 e. The van der Waals surface area contributed by atoms with E-state index in [0.29, 0.717) is 11.7 Å². The van der Waals surface area contributed by atoms with Crippen molar-refractivity contribution >= 4 is 12.4 Å². The smallest absolute Gasteiger partial charge is 0.258 e. The number of nitrogens with two attached hydrogens (primary N) is 1. The lowest BCUT2D eigenvalue weighted by molar-refractivity contribution is 0.229. The van der Waals surface area contributed by atoms with E-state index in [1.165, 1.54) is 0 Å². The van der Waals surface area contributed by atoms with Crippen LogP contribution in [0.25, 0.3) is 17.3 Å². The Labute approximate surface area is 133 Å². The van der Waals surface area contributed by atoms with E-state index in [2.05, 4.69) is 20.1 Å². The summed E-state index contributed by atoms with van der Waals surface area (Å²) in [5, 5.41) is 4.03. The van der Waals surface area contributed by atoms with Gasteiger partial charge in [-0.1, -0.05) is 5.16 Å². The van der Waals surface area contributed by atoms with E-state index in [4.69, 9.17) is 10.3 Å². The second-order valence-electron chi connectivity index (χ2n) is 5.31. The highest BCUT2D eigenvalue weighted by Gasteiger charge is 2.39. The summed E-state index contributed by atoms with van der Waals surface area (Å²) in [5.74, 6) is 1.80. The summed E-state index contributed by atoms with van der Waals surface area (Å²) < 4.78 is 7.17.